The fraction of sp³-hybridized carbons (Fsp3) is 0.312. The molecule has 0 fully saturated rings. The monoisotopic (exact) mass is 289 g/mol. The summed E-state index contributed by atoms with van der Waals surface area (Å²) in [5.41, 5.74) is 2.48. The van der Waals surface area contributed by atoms with Gasteiger partial charge in [-0.25, -0.2) is 0 Å². The van der Waals surface area contributed by atoms with Gasteiger partial charge in [0.15, 0.2) is 6.04 Å². The summed E-state index contributed by atoms with van der Waals surface area (Å²) in [6.45, 7) is 4.02. The molecule has 0 spiro atoms. The Morgan fingerprint density at radius 2 is 1.95 bits per heavy atom. The van der Waals surface area contributed by atoms with Gasteiger partial charge in [0.25, 0.3) is 5.91 Å². The average Bonchev–Trinajstić information content (AvgIpc) is 2.98. The number of amides is 1. The molecule has 0 bridgehead atoms. The Bertz CT molecular complexity index is 548. The van der Waals surface area contributed by atoms with Crippen molar-refractivity contribution in [1.82, 2.24) is 5.32 Å². The van der Waals surface area contributed by atoms with Gasteiger partial charge in [-0.2, -0.15) is 0 Å². The summed E-state index contributed by atoms with van der Waals surface area (Å²) in [7, 11) is 1.68. The molecule has 1 amide bonds. The molecule has 1 heterocycles. The predicted octanol–water partition coefficient (Wildman–Crippen LogP) is 1.84. The maximum Gasteiger partial charge on any atom is 0.277 e. The van der Waals surface area contributed by atoms with E-state index in [-0.39, 0.29) is 18.0 Å². The van der Waals surface area contributed by atoms with Crippen molar-refractivity contribution in [1.29, 1.82) is 0 Å². The van der Waals surface area contributed by atoms with Crippen LogP contribution >= 0.6 is 11.3 Å². The van der Waals surface area contributed by atoms with Gasteiger partial charge >= 0.3 is 0 Å². The SMILES string of the molecule is CNC(=O)[C@@H](C)[NH2+][C@@H](c1ccc(C)cc1)c1cccs1. The molecule has 0 aliphatic heterocycles. The summed E-state index contributed by atoms with van der Waals surface area (Å²) in [5.74, 6) is 0.0543. The van der Waals surface area contributed by atoms with Crippen LogP contribution in [0.15, 0.2) is 41.8 Å². The lowest BCUT2D eigenvalue weighted by Gasteiger charge is -2.19. The number of aryl methyl sites for hydroxylation is 1. The van der Waals surface area contributed by atoms with Crippen molar-refractivity contribution in [3.8, 4) is 0 Å². The van der Waals surface area contributed by atoms with Crippen LogP contribution in [0, 0.1) is 6.92 Å². The van der Waals surface area contributed by atoms with Crippen molar-refractivity contribution in [3.63, 3.8) is 0 Å². The molecule has 0 radical (unpaired) electrons. The summed E-state index contributed by atoms with van der Waals surface area (Å²) >= 11 is 1.73. The summed E-state index contributed by atoms with van der Waals surface area (Å²) in [5, 5.41) is 6.91. The molecular formula is C16H21N2OS+. The highest BCUT2D eigenvalue weighted by Gasteiger charge is 2.24. The molecule has 3 N–H and O–H groups in total. The second kappa shape index (κ2) is 6.68. The number of benzene rings is 1. The summed E-state index contributed by atoms with van der Waals surface area (Å²) in [4.78, 5) is 13.0. The third-order valence-electron chi connectivity index (χ3n) is 3.43. The third-order valence-corrected chi connectivity index (χ3v) is 4.38. The van der Waals surface area contributed by atoms with Gasteiger partial charge in [-0.1, -0.05) is 35.9 Å². The normalized spacial score (nSPS) is 13.8. The number of carbonyl (C=O) groups excluding carboxylic acids is 1. The van der Waals surface area contributed by atoms with E-state index in [0.717, 1.165) is 0 Å². The highest BCUT2D eigenvalue weighted by Crippen LogP contribution is 2.23. The largest absolute Gasteiger partial charge is 0.354 e. The summed E-state index contributed by atoms with van der Waals surface area (Å²) < 4.78 is 0. The molecule has 0 aliphatic carbocycles. The number of nitrogens with two attached hydrogens (primary N) is 1. The standard InChI is InChI=1S/C16H20N2OS/c1-11-6-8-13(9-7-11)15(14-5-4-10-20-14)18-12(2)16(19)17-3/h4-10,12,15,18H,1-3H3,(H,17,19)/p+1/t12-,15+/m1/s1. The van der Waals surface area contributed by atoms with E-state index >= 15 is 0 Å². The zero-order valence-corrected chi connectivity index (χ0v) is 12.9. The Kier molecular flexibility index (Phi) is 4.93. The zero-order valence-electron chi connectivity index (χ0n) is 12.1. The van der Waals surface area contributed by atoms with Crippen molar-refractivity contribution in [2.45, 2.75) is 25.9 Å². The van der Waals surface area contributed by atoms with Gasteiger partial charge in [0.05, 0.1) is 4.88 Å². The molecule has 4 heteroatoms. The molecule has 106 valence electrons. The molecule has 1 aromatic carbocycles. The predicted molar refractivity (Wildman–Crippen MR) is 82.8 cm³/mol. The van der Waals surface area contributed by atoms with E-state index in [0.29, 0.717) is 0 Å². The second-order valence-corrected chi connectivity index (χ2v) is 5.98. The maximum absolute atomic E-state index is 11.8. The van der Waals surface area contributed by atoms with Crippen LogP contribution < -0.4 is 10.6 Å². The van der Waals surface area contributed by atoms with E-state index < -0.39 is 0 Å². The van der Waals surface area contributed by atoms with E-state index in [4.69, 9.17) is 0 Å². The molecule has 0 aliphatic rings. The van der Waals surface area contributed by atoms with Crippen molar-refractivity contribution in [2.75, 3.05) is 7.05 Å². The van der Waals surface area contributed by atoms with E-state index in [2.05, 4.69) is 59.3 Å². The Balaban J connectivity index is 2.26. The number of likely N-dealkylation sites (N-methyl/N-ethyl adjacent to an activating group) is 1. The van der Waals surface area contributed by atoms with Gasteiger partial charge in [-0.05, 0) is 25.3 Å². The molecule has 3 nitrogen and oxygen atoms in total. The van der Waals surface area contributed by atoms with Crippen molar-refractivity contribution in [3.05, 3.63) is 57.8 Å². The van der Waals surface area contributed by atoms with Crippen LogP contribution in [0.5, 0.6) is 0 Å². The Hall–Kier alpha value is -1.65. The molecule has 0 saturated heterocycles. The van der Waals surface area contributed by atoms with Gasteiger partial charge in [-0.15, -0.1) is 11.3 Å². The first-order valence-corrected chi connectivity index (χ1v) is 7.66. The number of hydrogen-bond donors (Lipinski definition) is 2. The van der Waals surface area contributed by atoms with Crippen LogP contribution in [0.1, 0.15) is 29.0 Å². The number of quaternary nitrogens is 1. The van der Waals surface area contributed by atoms with E-state index in [1.807, 2.05) is 6.92 Å². The lowest BCUT2D eigenvalue weighted by Crippen LogP contribution is -2.92. The number of rotatable bonds is 5. The van der Waals surface area contributed by atoms with Gasteiger partial charge in [-0.3, -0.25) is 4.79 Å². The summed E-state index contributed by atoms with van der Waals surface area (Å²) in [6.07, 6.45) is 0. The van der Waals surface area contributed by atoms with Crippen LogP contribution in [-0.2, 0) is 4.79 Å². The first kappa shape index (κ1) is 14.8. The molecule has 2 aromatic rings. The van der Waals surface area contributed by atoms with Gasteiger partial charge in [0.2, 0.25) is 0 Å². The molecular weight excluding hydrogens is 268 g/mol. The van der Waals surface area contributed by atoms with Crippen LogP contribution in [-0.4, -0.2) is 19.0 Å². The lowest BCUT2D eigenvalue weighted by molar-refractivity contribution is -0.704. The Labute approximate surface area is 124 Å². The van der Waals surface area contributed by atoms with Crippen LogP contribution in [0.3, 0.4) is 0 Å². The number of carbonyl (C=O) groups is 1. The smallest absolute Gasteiger partial charge is 0.277 e. The van der Waals surface area contributed by atoms with Crippen molar-refractivity contribution in [2.24, 2.45) is 0 Å². The average molecular weight is 289 g/mol. The van der Waals surface area contributed by atoms with Crippen LogP contribution in [0.4, 0.5) is 0 Å². The summed E-state index contributed by atoms with van der Waals surface area (Å²) in [6, 6.07) is 12.8. The van der Waals surface area contributed by atoms with Gasteiger partial charge in [0.1, 0.15) is 6.04 Å². The minimum Gasteiger partial charge on any atom is -0.354 e. The lowest BCUT2D eigenvalue weighted by atomic mass is 10.0. The fourth-order valence-corrected chi connectivity index (χ4v) is 3.05. The second-order valence-electron chi connectivity index (χ2n) is 5.00. The molecule has 1 aromatic heterocycles. The quantitative estimate of drug-likeness (QED) is 0.867. The van der Waals surface area contributed by atoms with E-state index in [9.17, 15) is 4.79 Å². The van der Waals surface area contributed by atoms with Crippen molar-refractivity contribution >= 4 is 17.2 Å². The Morgan fingerprint density at radius 1 is 1.25 bits per heavy atom. The van der Waals surface area contributed by atoms with Crippen LogP contribution in [0.2, 0.25) is 0 Å². The highest BCUT2D eigenvalue weighted by molar-refractivity contribution is 7.10. The first-order chi connectivity index (χ1) is 9.61. The Morgan fingerprint density at radius 3 is 2.50 bits per heavy atom. The van der Waals surface area contributed by atoms with Crippen molar-refractivity contribution < 1.29 is 10.1 Å². The zero-order chi connectivity index (χ0) is 14.5. The number of nitrogens with one attached hydrogen (secondary N) is 1. The maximum atomic E-state index is 11.8. The molecule has 0 unspecified atom stereocenters. The highest BCUT2D eigenvalue weighted by atomic mass is 32.1. The molecule has 2 rings (SSSR count). The van der Waals surface area contributed by atoms with Gasteiger partial charge < -0.3 is 10.6 Å². The molecule has 2 atom stereocenters. The van der Waals surface area contributed by atoms with E-state index in [1.165, 1.54) is 16.0 Å². The van der Waals surface area contributed by atoms with Gasteiger partial charge in [0, 0.05) is 12.6 Å². The minimum absolute atomic E-state index is 0.0543. The number of thiophene rings is 1. The van der Waals surface area contributed by atoms with Crippen LogP contribution in [0.25, 0.3) is 0 Å². The first-order valence-electron chi connectivity index (χ1n) is 6.78. The molecule has 20 heavy (non-hydrogen) atoms. The fourth-order valence-electron chi connectivity index (χ4n) is 2.22. The minimum atomic E-state index is -0.117. The van der Waals surface area contributed by atoms with E-state index in [1.54, 1.807) is 18.4 Å². The third kappa shape index (κ3) is 3.46. The topological polar surface area (TPSA) is 45.7 Å². The molecule has 0 saturated carbocycles. The number of hydrogen-bond acceptors (Lipinski definition) is 2.